The average Bonchev–Trinajstić information content (AvgIpc) is 3.30. The lowest BCUT2D eigenvalue weighted by Gasteiger charge is -2.18. The molecule has 1 amide bonds. The van der Waals surface area contributed by atoms with Crippen LogP contribution >= 0.6 is 23.2 Å². The normalized spacial score (nSPS) is 12.1. The molecular weight excluding hydrogens is 487 g/mol. The van der Waals surface area contributed by atoms with Crippen molar-refractivity contribution in [3.8, 4) is 0 Å². The molecule has 0 bridgehead atoms. The van der Waals surface area contributed by atoms with Gasteiger partial charge in [0.15, 0.2) is 5.82 Å². The highest BCUT2D eigenvalue weighted by atomic mass is 35.5. The average molecular weight is 509 g/mol. The van der Waals surface area contributed by atoms with Crippen LogP contribution in [0.25, 0.3) is 0 Å². The number of tetrazole rings is 1. The Hall–Kier alpha value is -3.59. The third kappa shape index (κ3) is 7.45. The highest BCUT2D eigenvalue weighted by molar-refractivity contribution is 6.30. The van der Waals surface area contributed by atoms with E-state index in [9.17, 15) is 4.79 Å². The molecule has 1 heterocycles. The first-order valence-electron chi connectivity index (χ1n) is 10.8. The molecule has 1 aromatic heterocycles. The molecule has 1 atom stereocenters. The molecule has 1 N–H and O–H groups in total. The van der Waals surface area contributed by atoms with Crippen LogP contribution in [0.1, 0.15) is 28.6 Å². The van der Waals surface area contributed by atoms with Gasteiger partial charge in [-0.05, 0) is 51.4 Å². The van der Waals surface area contributed by atoms with E-state index in [0.717, 1.165) is 16.7 Å². The van der Waals surface area contributed by atoms with Gasteiger partial charge in [0.25, 0.3) is 5.91 Å². The van der Waals surface area contributed by atoms with Gasteiger partial charge in [-0.1, -0.05) is 77.8 Å². The highest BCUT2D eigenvalue weighted by Crippen LogP contribution is 2.22. The molecule has 8 nitrogen and oxygen atoms in total. The van der Waals surface area contributed by atoms with Gasteiger partial charge in [-0.15, -0.1) is 5.10 Å². The number of carbonyl (C=O) groups is 1. The molecule has 0 spiro atoms. The number of benzene rings is 3. The Morgan fingerprint density at radius 1 is 1.00 bits per heavy atom. The van der Waals surface area contributed by atoms with Gasteiger partial charge in [0.1, 0.15) is 12.7 Å². The number of ether oxygens (including phenoxy) is 1. The summed E-state index contributed by atoms with van der Waals surface area (Å²) in [7, 11) is 0. The van der Waals surface area contributed by atoms with E-state index in [1.165, 1.54) is 6.21 Å². The Labute approximate surface area is 212 Å². The summed E-state index contributed by atoms with van der Waals surface area (Å²) in [4.78, 5) is 12.3. The topological polar surface area (TPSA) is 94.3 Å². The second-order valence-electron chi connectivity index (χ2n) is 7.64. The van der Waals surface area contributed by atoms with Crippen LogP contribution in [0.15, 0.2) is 84.0 Å². The van der Waals surface area contributed by atoms with Crippen molar-refractivity contribution in [2.45, 2.75) is 19.1 Å². The summed E-state index contributed by atoms with van der Waals surface area (Å²) >= 11 is 11.9. The first-order chi connectivity index (χ1) is 17.1. The van der Waals surface area contributed by atoms with Crippen LogP contribution in [0.4, 0.5) is 0 Å². The zero-order chi connectivity index (χ0) is 24.5. The van der Waals surface area contributed by atoms with Crippen molar-refractivity contribution in [3.05, 3.63) is 111 Å². The van der Waals surface area contributed by atoms with Gasteiger partial charge in [0.05, 0.1) is 12.8 Å². The summed E-state index contributed by atoms with van der Waals surface area (Å²) in [6, 6.07) is 24.3. The number of carbonyl (C=O) groups excluding carboxylic acids is 1. The number of hydrogen-bond donors (Lipinski definition) is 1. The minimum Gasteiger partial charge on any atom is -0.362 e. The predicted molar refractivity (Wildman–Crippen MR) is 134 cm³/mol. The van der Waals surface area contributed by atoms with E-state index in [1.54, 1.807) is 41.1 Å². The molecule has 0 aliphatic rings. The van der Waals surface area contributed by atoms with E-state index in [-0.39, 0.29) is 6.61 Å². The minimum atomic E-state index is -0.490. The van der Waals surface area contributed by atoms with Gasteiger partial charge >= 0.3 is 0 Å². The molecule has 0 saturated heterocycles. The molecule has 0 aliphatic heterocycles. The maximum atomic E-state index is 12.3. The van der Waals surface area contributed by atoms with Crippen LogP contribution in [0.5, 0.6) is 0 Å². The maximum absolute atomic E-state index is 12.3. The lowest BCUT2D eigenvalue weighted by atomic mass is 10.1. The predicted octanol–water partition coefficient (Wildman–Crippen LogP) is 4.48. The SMILES string of the molecule is O=C(COC(Cn1nnnc1Cc1ccccc1)c1ccc(Cl)cc1)N/N=C/c1ccc(Cl)cc1. The van der Waals surface area contributed by atoms with Crippen molar-refractivity contribution >= 4 is 35.3 Å². The largest absolute Gasteiger partial charge is 0.362 e. The molecule has 10 heteroatoms. The van der Waals surface area contributed by atoms with Crippen molar-refractivity contribution in [2.75, 3.05) is 6.61 Å². The molecule has 4 aromatic rings. The number of nitrogens with zero attached hydrogens (tertiary/aromatic N) is 5. The van der Waals surface area contributed by atoms with Gasteiger partial charge in [-0.2, -0.15) is 5.10 Å². The molecule has 3 aromatic carbocycles. The summed E-state index contributed by atoms with van der Waals surface area (Å²) in [5, 5.41) is 17.3. The number of aromatic nitrogens is 4. The number of amides is 1. The number of hydrogen-bond acceptors (Lipinski definition) is 6. The van der Waals surface area contributed by atoms with Gasteiger partial charge in [-0.3, -0.25) is 4.79 Å². The molecule has 1 unspecified atom stereocenters. The van der Waals surface area contributed by atoms with Crippen molar-refractivity contribution in [1.29, 1.82) is 0 Å². The van der Waals surface area contributed by atoms with Crippen LogP contribution in [0.2, 0.25) is 10.0 Å². The monoisotopic (exact) mass is 508 g/mol. The standard InChI is InChI=1S/C25H22Cl2N6O2/c26-21-10-6-19(7-11-21)15-28-30-25(34)17-35-23(20-8-12-22(27)13-9-20)16-33-24(29-31-32-33)14-18-4-2-1-3-5-18/h1-13,15,23H,14,16-17H2,(H,30,34)/b28-15+. The van der Waals surface area contributed by atoms with Crippen molar-refractivity contribution in [1.82, 2.24) is 25.6 Å². The van der Waals surface area contributed by atoms with Crippen LogP contribution in [0, 0.1) is 0 Å². The van der Waals surface area contributed by atoms with Crippen LogP contribution < -0.4 is 5.43 Å². The molecule has 35 heavy (non-hydrogen) atoms. The summed E-state index contributed by atoms with van der Waals surface area (Å²) in [5.41, 5.74) is 5.20. The summed E-state index contributed by atoms with van der Waals surface area (Å²) in [6.07, 6.45) is 1.61. The second-order valence-corrected chi connectivity index (χ2v) is 8.51. The maximum Gasteiger partial charge on any atom is 0.266 e. The van der Waals surface area contributed by atoms with E-state index in [0.29, 0.717) is 28.8 Å². The van der Waals surface area contributed by atoms with Crippen LogP contribution in [-0.4, -0.2) is 38.9 Å². The molecule has 4 rings (SSSR count). The smallest absolute Gasteiger partial charge is 0.266 e. The number of halogens is 2. The fourth-order valence-corrected chi connectivity index (χ4v) is 3.55. The molecule has 178 valence electrons. The first-order valence-corrected chi connectivity index (χ1v) is 11.6. The first kappa shape index (κ1) is 24.5. The Morgan fingerprint density at radius 2 is 1.69 bits per heavy atom. The molecule has 0 fully saturated rings. The van der Waals surface area contributed by atoms with Crippen LogP contribution in [-0.2, 0) is 22.5 Å². The van der Waals surface area contributed by atoms with Crippen LogP contribution in [0.3, 0.4) is 0 Å². The Morgan fingerprint density at radius 3 is 2.40 bits per heavy atom. The summed E-state index contributed by atoms with van der Waals surface area (Å²) in [5.74, 6) is 0.297. The highest BCUT2D eigenvalue weighted by Gasteiger charge is 2.18. The Balaban J connectivity index is 1.41. The minimum absolute atomic E-state index is 0.207. The van der Waals surface area contributed by atoms with Gasteiger partial charge in [0.2, 0.25) is 0 Å². The van der Waals surface area contributed by atoms with Gasteiger partial charge in [0, 0.05) is 16.5 Å². The van der Waals surface area contributed by atoms with E-state index >= 15 is 0 Å². The lowest BCUT2D eigenvalue weighted by molar-refractivity contribution is -0.128. The van der Waals surface area contributed by atoms with E-state index in [1.807, 2.05) is 42.5 Å². The quantitative estimate of drug-likeness (QED) is 0.251. The van der Waals surface area contributed by atoms with E-state index in [2.05, 4.69) is 26.1 Å². The fraction of sp³-hybridized carbons (Fsp3) is 0.160. The van der Waals surface area contributed by atoms with Gasteiger partial charge < -0.3 is 4.74 Å². The Kier molecular flexibility index (Phi) is 8.56. The summed E-state index contributed by atoms with van der Waals surface area (Å²) in [6.45, 7) is 0.111. The molecular formula is C25H22Cl2N6O2. The number of rotatable bonds is 10. The Bertz CT molecular complexity index is 1260. The lowest BCUT2D eigenvalue weighted by Crippen LogP contribution is -2.26. The fourth-order valence-electron chi connectivity index (χ4n) is 3.30. The van der Waals surface area contributed by atoms with Crippen molar-refractivity contribution in [3.63, 3.8) is 0 Å². The van der Waals surface area contributed by atoms with Gasteiger partial charge in [-0.25, -0.2) is 10.1 Å². The molecule has 0 aliphatic carbocycles. The van der Waals surface area contributed by atoms with E-state index in [4.69, 9.17) is 27.9 Å². The number of nitrogens with one attached hydrogen (secondary N) is 1. The molecule has 0 radical (unpaired) electrons. The van der Waals surface area contributed by atoms with Crippen molar-refractivity contribution < 1.29 is 9.53 Å². The second kappa shape index (κ2) is 12.2. The molecule has 0 saturated carbocycles. The third-order valence-electron chi connectivity index (χ3n) is 5.08. The number of hydrazone groups is 1. The third-order valence-corrected chi connectivity index (χ3v) is 5.58. The van der Waals surface area contributed by atoms with Crippen molar-refractivity contribution in [2.24, 2.45) is 5.10 Å². The zero-order valence-electron chi connectivity index (χ0n) is 18.6. The summed E-state index contributed by atoms with van der Waals surface area (Å²) < 4.78 is 7.65. The van der Waals surface area contributed by atoms with E-state index < -0.39 is 12.0 Å². The zero-order valence-corrected chi connectivity index (χ0v) is 20.1.